The number of nitrogens with one attached hydrogen (secondary N) is 1. The van der Waals surface area contributed by atoms with E-state index in [0.717, 1.165) is 15.4 Å². The second kappa shape index (κ2) is 9.94. The summed E-state index contributed by atoms with van der Waals surface area (Å²) in [7, 11) is -2.61. The van der Waals surface area contributed by atoms with Crippen LogP contribution in [0.5, 0.6) is 5.75 Å². The van der Waals surface area contributed by atoms with Crippen LogP contribution in [0.1, 0.15) is 11.1 Å². The highest BCUT2D eigenvalue weighted by Gasteiger charge is 2.29. The minimum atomic E-state index is -4.06. The summed E-state index contributed by atoms with van der Waals surface area (Å²) < 4.78 is 34.3. The molecular formula is C23H22BrClN2O4S. The standard InChI is InChI=1S/C23H22BrClN2O4S/c1-15-4-8-18(9-5-15)32(29,30)27(21-12-16(2)6-11-22(21)31-3)14-23(28)26-17-7-10-19(24)20(25)13-17/h4-13H,14H2,1-3H3,(H,26,28). The molecule has 6 nitrogen and oxygen atoms in total. The molecule has 0 heterocycles. The molecule has 0 saturated carbocycles. The lowest BCUT2D eigenvalue weighted by Gasteiger charge is -2.26. The number of sulfonamides is 1. The number of amides is 1. The predicted molar refractivity (Wildman–Crippen MR) is 131 cm³/mol. The van der Waals surface area contributed by atoms with Gasteiger partial charge in [0.15, 0.2) is 0 Å². The Morgan fingerprint density at radius 3 is 2.31 bits per heavy atom. The Kier molecular flexibility index (Phi) is 7.48. The van der Waals surface area contributed by atoms with E-state index in [1.165, 1.54) is 19.2 Å². The molecule has 0 aromatic heterocycles. The monoisotopic (exact) mass is 536 g/mol. The highest BCUT2D eigenvalue weighted by molar-refractivity contribution is 9.10. The van der Waals surface area contributed by atoms with Gasteiger partial charge in [-0.15, -0.1) is 0 Å². The van der Waals surface area contributed by atoms with Crippen LogP contribution in [0, 0.1) is 13.8 Å². The smallest absolute Gasteiger partial charge is 0.264 e. The van der Waals surface area contributed by atoms with E-state index in [2.05, 4.69) is 21.2 Å². The highest BCUT2D eigenvalue weighted by atomic mass is 79.9. The van der Waals surface area contributed by atoms with Gasteiger partial charge in [0.2, 0.25) is 5.91 Å². The van der Waals surface area contributed by atoms with Crippen molar-refractivity contribution in [1.82, 2.24) is 0 Å². The largest absolute Gasteiger partial charge is 0.495 e. The first-order valence-electron chi connectivity index (χ1n) is 9.61. The molecule has 3 aromatic carbocycles. The third-order valence-electron chi connectivity index (χ3n) is 4.70. The number of benzene rings is 3. The van der Waals surface area contributed by atoms with Gasteiger partial charge >= 0.3 is 0 Å². The minimum Gasteiger partial charge on any atom is -0.495 e. The molecule has 0 spiro atoms. The number of nitrogens with zero attached hydrogens (tertiary/aromatic N) is 1. The van der Waals surface area contributed by atoms with Crippen LogP contribution in [0.2, 0.25) is 5.02 Å². The molecule has 0 aliphatic heterocycles. The summed E-state index contributed by atoms with van der Waals surface area (Å²) in [5.74, 6) is -0.187. The van der Waals surface area contributed by atoms with Crippen LogP contribution in [0.15, 0.2) is 70.0 Å². The number of halogens is 2. The second-order valence-corrected chi connectivity index (χ2v) is 10.3. The van der Waals surface area contributed by atoms with Gasteiger partial charge in [0, 0.05) is 10.2 Å². The van der Waals surface area contributed by atoms with Crippen molar-refractivity contribution < 1.29 is 17.9 Å². The fraction of sp³-hybridized carbons (Fsp3) is 0.174. The van der Waals surface area contributed by atoms with E-state index in [1.807, 2.05) is 19.9 Å². The summed E-state index contributed by atoms with van der Waals surface area (Å²) >= 11 is 9.40. The second-order valence-electron chi connectivity index (χ2n) is 7.18. The maximum atomic E-state index is 13.6. The summed E-state index contributed by atoms with van der Waals surface area (Å²) in [6.07, 6.45) is 0. The predicted octanol–water partition coefficient (Wildman–Crippen LogP) is 5.56. The van der Waals surface area contributed by atoms with Crippen LogP contribution in [0.4, 0.5) is 11.4 Å². The molecule has 32 heavy (non-hydrogen) atoms. The molecule has 3 rings (SSSR count). The van der Waals surface area contributed by atoms with Gasteiger partial charge < -0.3 is 10.1 Å². The van der Waals surface area contributed by atoms with E-state index in [9.17, 15) is 13.2 Å². The molecule has 0 bridgehead atoms. The van der Waals surface area contributed by atoms with Gasteiger partial charge in [-0.1, -0.05) is 35.4 Å². The first kappa shape index (κ1) is 24.1. The van der Waals surface area contributed by atoms with Gasteiger partial charge in [-0.25, -0.2) is 8.42 Å². The fourth-order valence-electron chi connectivity index (χ4n) is 3.04. The van der Waals surface area contributed by atoms with Crippen LogP contribution < -0.4 is 14.4 Å². The molecule has 3 aromatic rings. The fourth-order valence-corrected chi connectivity index (χ4v) is 4.89. The molecule has 0 aliphatic carbocycles. The van der Waals surface area contributed by atoms with Crippen molar-refractivity contribution in [2.45, 2.75) is 18.7 Å². The molecule has 1 amide bonds. The lowest BCUT2D eigenvalue weighted by molar-refractivity contribution is -0.114. The summed E-state index contributed by atoms with van der Waals surface area (Å²) in [5, 5.41) is 3.13. The third kappa shape index (κ3) is 5.43. The molecule has 0 atom stereocenters. The SMILES string of the molecule is COc1ccc(C)cc1N(CC(=O)Nc1ccc(Br)c(Cl)c1)S(=O)(=O)c1ccc(C)cc1. The Hall–Kier alpha value is -2.55. The highest BCUT2D eigenvalue weighted by Crippen LogP contribution is 2.33. The van der Waals surface area contributed by atoms with E-state index in [0.29, 0.717) is 20.9 Å². The van der Waals surface area contributed by atoms with Crippen molar-refractivity contribution in [3.63, 3.8) is 0 Å². The Morgan fingerprint density at radius 1 is 1.03 bits per heavy atom. The zero-order valence-corrected chi connectivity index (χ0v) is 20.9. The number of anilines is 2. The molecule has 0 saturated heterocycles. The average Bonchev–Trinajstić information content (AvgIpc) is 2.75. The first-order valence-corrected chi connectivity index (χ1v) is 12.2. The Bertz CT molecular complexity index is 1250. The van der Waals surface area contributed by atoms with Gasteiger partial charge in [-0.05, 0) is 77.8 Å². The minimum absolute atomic E-state index is 0.0751. The lowest BCUT2D eigenvalue weighted by atomic mass is 10.2. The van der Waals surface area contributed by atoms with Gasteiger partial charge in [0.25, 0.3) is 10.0 Å². The topological polar surface area (TPSA) is 75.7 Å². The molecular weight excluding hydrogens is 516 g/mol. The summed E-state index contributed by atoms with van der Waals surface area (Å²) in [6.45, 7) is 3.25. The summed E-state index contributed by atoms with van der Waals surface area (Å²) in [6, 6.07) is 16.6. The van der Waals surface area contributed by atoms with E-state index >= 15 is 0 Å². The van der Waals surface area contributed by atoms with E-state index in [1.54, 1.807) is 42.5 Å². The maximum Gasteiger partial charge on any atom is 0.264 e. The van der Waals surface area contributed by atoms with Crippen molar-refractivity contribution in [2.75, 3.05) is 23.3 Å². The number of methoxy groups -OCH3 is 1. The van der Waals surface area contributed by atoms with Crippen LogP contribution >= 0.6 is 27.5 Å². The lowest BCUT2D eigenvalue weighted by Crippen LogP contribution is -2.38. The molecule has 9 heteroatoms. The number of aryl methyl sites for hydroxylation is 2. The number of hydrogen-bond acceptors (Lipinski definition) is 4. The Labute approximate surface area is 201 Å². The van der Waals surface area contributed by atoms with Crippen molar-refractivity contribution in [2.24, 2.45) is 0 Å². The molecule has 1 N–H and O–H groups in total. The average molecular weight is 538 g/mol. The van der Waals surface area contributed by atoms with Crippen molar-refractivity contribution in [1.29, 1.82) is 0 Å². The number of rotatable bonds is 7. The van der Waals surface area contributed by atoms with E-state index in [-0.39, 0.29) is 10.6 Å². The van der Waals surface area contributed by atoms with Crippen LogP contribution in [-0.4, -0.2) is 28.0 Å². The number of hydrogen-bond donors (Lipinski definition) is 1. The zero-order chi connectivity index (χ0) is 23.5. The summed E-state index contributed by atoms with van der Waals surface area (Å²) in [4.78, 5) is 13.0. The van der Waals surface area contributed by atoms with Crippen LogP contribution in [0.3, 0.4) is 0 Å². The molecule has 0 unspecified atom stereocenters. The quantitative estimate of drug-likeness (QED) is 0.428. The number of carbonyl (C=O) groups is 1. The van der Waals surface area contributed by atoms with Gasteiger partial charge in [0.05, 0.1) is 22.7 Å². The van der Waals surface area contributed by atoms with Crippen molar-refractivity contribution >= 4 is 54.8 Å². The molecule has 0 aliphatic rings. The van der Waals surface area contributed by atoms with Gasteiger partial charge in [-0.3, -0.25) is 9.10 Å². The van der Waals surface area contributed by atoms with Crippen molar-refractivity contribution in [3.05, 3.63) is 81.3 Å². The van der Waals surface area contributed by atoms with Crippen molar-refractivity contribution in [3.8, 4) is 5.75 Å². The van der Waals surface area contributed by atoms with Gasteiger partial charge in [-0.2, -0.15) is 0 Å². The van der Waals surface area contributed by atoms with Gasteiger partial charge in [0.1, 0.15) is 12.3 Å². The number of carbonyl (C=O) groups excluding carboxylic acids is 1. The molecule has 0 radical (unpaired) electrons. The van der Waals surface area contributed by atoms with E-state index in [4.69, 9.17) is 16.3 Å². The Morgan fingerprint density at radius 2 is 1.69 bits per heavy atom. The zero-order valence-electron chi connectivity index (χ0n) is 17.7. The molecule has 168 valence electrons. The maximum absolute atomic E-state index is 13.6. The summed E-state index contributed by atoms with van der Waals surface area (Å²) in [5.41, 5.74) is 2.47. The molecule has 0 fully saturated rings. The first-order chi connectivity index (χ1) is 15.1. The van der Waals surface area contributed by atoms with E-state index < -0.39 is 22.5 Å². The normalized spacial score (nSPS) is 11.2. The van der Waals surface area contributed by atoms with Crippen LogP contribution in [0.25, 0.3) is 0 Å². The third-order valence-corrected chi connectivity index (χ3v) is 7.71. The Balaban J connectivity index is 2.02. The van der Waals surface area contributed by atoms with Crippen LogP contribution in [-0.2, 0) is 14.8 Å². The number of ether oxygens (including phenoxy) is 1.